The molecule has 0 spiro atoms. The van der Waals surface area contributed by atoms with Crippen LogP contribution in [0.15, 0.2) is 4.99 Å². The summed E-state index contributed by atoms with van der Waals surface area (Å²) in [5.74, 6) is 0.822. The summed E-state index contributed by atoms with van der Waals surface area (Å²) in [6.07, 6.45) is 1.92. The van der Waals surface area contributed by atoms with Crippen LogP contribution >= 0.6 is 0 Å². The van der Waals surface area contributed by atoms with E-state index in [4.69, 9.17) is 10.7 Å². The summed E-state index contributed by atoms with van der Waals surface area (Å²) in [5.41, 5.74) is 0. The standard InChI is InChI=1S/C7H11N4.Y/c1-6(2)7(11-5-9)10-4-3-8;/h6H,4H2,1-2H3,(H2,9,10,11);/q-1;. The van der Waals surface area contributed by atoms with Crippen LogP contribution in [0.25, 0.3) is 0 Å². The van der Waals surface area contributed by atoms with E-state index in [-0.39, 0.29) is 45.2 Å². The fourth-order valence-electron chi connectivity index (χ4n) is 0.563. The van der Waals surface area contributed by atoms with Crippen molar-refractivity contribution in [1.82, 2.24) is 5.32 Å². The van der Waals surface area contributed by atoms with Gasteiger partial charge in [0.2, 0.25) is 0 Å². The fraction of sp³-hybridized carbons (Fsp3) is 0.571. The molecule has 2 N–H and O–H groups in total. The van der Waals surface area contributed by atoms with Crippen LogP contribution in [0, 0.1) is 22.7 Å². The van der Waals surface area contributed by atoms with Crippen molar-refractivity contribution in [2.24, 2.45) is 10.9 Å². The molecule has 0 rings (SSSR count). The van der Waals surface area contributed by atoms with Crippen molar-refractivity contribution in [3.05, 3.63) is 0 Å². The van der Waals surface area contributed by atoms with Crippen LogP contribution in [0.1, 0.15) is 13.8 Å². The van der Waals surface area contributed by atoms with Crippen molar-refractivity contribution in [3.63, 3.8) is 0 Å². The van der Waals surface area contributed by atoms with Gasteiger partial charge in [-0.1, -0.05) is 26.1 Å². The van der Waals surface area contributed by atoms with Gasteiger partial charge in [-0.25, -0.2) is 0 Å². The second kappa shape index (κ2) is 8.83. The van der Waals surface area contributed by atoms with E-state index in [0.29, 0.717) is 5.84 Å². The monoisotopic (exact) mass is 240 g/mol. The molecule has 0 unspecified atom stereocenters. The molecule has 0 atom stereocenters. The van der Waals surface area contributed by atoms with Gasteiger partial charge in [0.25, 0.3) is 0 Å². The van der Waals surface area contributed by atoms with Crippen LogP contribution in [0.4, 0.5) is 0 Å². The molecule has 4 nitrogen and oxygen atoms in total. The van der Waals surface area contributed by atoms with Crippen molar-refractivity contribution < 1.29 is 32.7 Å². The molecule has 0 saturated heterocycles. The molecule has 12 heavy (non-hydrogen) atoms. The van der Waals surface area contributed by atoms with Gasteiger partial charge in [0.15, 0.2) is 0 Å². The topological polar surface area (TPSA) is 72.0 Å². The van der Waals surface area contributed by atoms with Crippen LogP contribution in [0.5, 0.6) is 0 Å². The first-order valence-electron chi connectivity index (χ1n) is 3.32. The van der Waals surface area contributed by atoms with Crippen LogP contribution in [0.3, 0.4) is 0 Å². The molecule has 63 valence electrons. The fourth-order valence-corrected chi connectivity index (χ4v) is 0.563. The van der Waals surface area contributed by atoms with E-state index in [1.54, 1.807) is 0 Å². The molecule has 0 bridgehead atoms. The van der Waals surface area contributed by atoms with E-state index >= 15 is 0 Å². The van der Waals surface area contributed by atoms with Crippen LogP contribution < -0.4 is 5.32 Å². The minimum atomic E-state index is 0. The maximum Gasteiger partial charge on any atom is 0.0890 e. The van der Waals surface area contributed by atoms with Gasteiger partial charge >= 0.3 is 0 Å². The number of hydrogen-bond acceptors (Lipinski definition) is 2. The minimum absolute atomic E-state index is 0. The molecule has 0 heterocycles. The minimum Gasteiger partial charge on any atom is -0.439 e. The van der Waals surface area contributed by atoms with Gasteiger partial charge in [0, 0.05) is 32.7 Å². The maximum absolute atomic E-state index is 8.23. The summed E-state index contributed by atoms with van der Waals surface area (Å²) in [4.78, 5) is 3.63. The molecule has 0 fully saturated rings. The third-order valence-corrected chi connectivity index (χ3v) is 1.07. The predicted octanol–water partition coefficient (Wildman–Crippen LogP) is 0.636. The van der Waals surface area contributed by atoms with Crippen molar-refractivity contribution in [2.45, 2.75) is 13.8 Å². The Labute approximate surface area is 97.8 Å². The molecule has 0 aromatic carbocycles. The van der Waals surface area contributed by atoms with Gasteiger partial charge in [-0.2, -0.15) is 5.26 Å². The molecule has 0 aliphatic carbocycles. The Balaban J connectivity index is 0. The first-order valence-corrected chi connectivity index (χ1v) is 3.32. The van der Waals surface area contributed by atoms with E-state index in [0.717, 1.165) is 0 Å². The second-order valence-corrected chi connectivity index (χ2v) is 2.28. The summed E-state index contributed by atoms with van der Waals surface area (Å²) >= 11 is 0. The first kappa shape index (κ1) is 14.3. The van der Waals surface area contributed by atoms with Crippen LogP contribution in [-0.4, -0.2) is 18.7 Å². The normalized spacial score (nSPS) is 10.0. The molecule has 0 aliphatic rings. The quantitative estimate of drug-likeness (QED) is 0.329. The van der Waals surface area contributed by atoms with Gasteiger partial charge in [-0.3, -0.25) is 0 Å². The summed E-state index contributed by atoms with van der Waals surface area (Å²) in [5, 5.41) is 17.6. The predicted molar refractivity (Wildman–Crippen MR) is 43.6 cm³/mol. The molecule has 0 aliphatic heterocycles. The van der Waals surface area contributed by atoms with E-state index in [1.165, 1.54) is 0 Å². The maximum atomic E-state index is 8.23. The molecule has 0 amide bonds. The number of nitrogens with zero attached hydrogens (tertiary/aromatic N) is 2. The third-order valence-electron chi connectivity index (χ3n) is 1.07. The second-order valence-electron chi connectivity index (χ2n) is 2.28. The summed E-state index contributed by atoms with van der Waals surface area (Å²) in [6.45, 7) is 4.08. The SMILES string of the molecule is CC(C)C(=N[C-]=N)NCC#N.[Y]. The molecule has 5 heteroatoms. The number of nitriles is 1. The Morgan fingerprint density at radius 1 is 1.75 bits per heavy atom. The Morgan fingerprint density at radius 2 is 2.33 bits per heavy atom. The van der Waals surface area contributed by atoms with E-state index in [9.17, 15) is 0 Å². The van der Waals surface area contributed by atoms with Crippen molar-refractivity contribution in [3.8, 4) is 6.07 Å². The summed E-state index contributed by atoms with van der Waals surface area (Å²) < 4.78 is 0. The van der Waals surface area contributed by atoms with Crippen molar-refractivity contribution in [2.75, 3.05) is 6.54 Å². The number of nitrogens with one attached hydrogen (secondary N) is 2. The Bertz CT molecular complexity index is 192. The average Bonchev–Trinajstić information content (AvgIpc) is 1.97. The van der Waals surface area contributed by atoms with Gasteiger partial charge in [0.1, 0.15) is 0 Å². The van der Waals surface area contributed by atoms with Gasteiger partial charge in [-0.05, 0) is 5.84 Å². The largest absolute Gasteiger partial charge is 0.439 e. The Hall–Kier alpha value is -0.266. The zero-order valence-corrected chi connectivity index (χ0v) is 10.1. The van der Waals surface area contributed by atoms with Gasteiger partial charge in [-0.15, -0.1) is 0 Å². The van der Waals surface area contributed by atoms with Gasteiger partial charge < -0.3 is 15.7 Å². The zero-order chi connectivity index (χ0) is 8.69. The van der Waals surface area contributed by atoms with E-state index in [1.807, 2.05) is 26.3 Å². The number of amidine groups is 1. The van der Waals surface area contributed by atoms with Crippen molar-refractivity contribution >= 4 is 12.2 Å². The Kier molecular flexibility index (Phi) is 10.5. The molecule has 0 aromatic heterocycles. The van der Waals surface area contributed by atoms with E-state index < -0.39 is 0 Å². The average molecular weight is 240 g/mol. The Morgan fingerprint density at radius 3 is 2.67 bits per heavy atom. The smallest absolute Gasteiger partial charge is 0.0890 e. The van der Waals surface area contributed by atoms with E-state index in [2.05, 4.69) is 10.3 Å². The number of hydrogen-bond donors (Lipinski definition) is 2. The zero-order valence-electron chi connectivity index (χ0n) is 7.26. The summed E-state index contributed by atoms with van der Waals surface area (Å²) in [6, 6.07) is 1.93. The molecule has 1 radical (unpaired) electrons. The molecular weight excluding hydrogens is 229 g/mol. The van der Waals surface area contributed by atoms with Crippen LogP contribution in [0.2, 0.25) is 0 Å². The molecule has 0 saturated carbocycles. The first-order chi connectivity index (χ1) is 5.22. The number of aliphatic imine (C=N–C) groups is 1. The van der Waals surface area contributed by atoms with Crippen molar-refractivity contribution in [1.29, 1.82) is 10.7 Å². The van der Waals surface area contributed by atoms with Gasteiger partial charge in [0.05, 0.1) is 12.6 Å². The number of rotatable bonds is 3. The molecular formula is C7H11N4Y-. The summed E-state index contributed by atoms with van der Waals surface area (Å²) in [7, 11) is 0. The van der Waals surface area contributed by atoms with Crippen LogP contribution in [-0.2, 0) is 32.7 Å². The molecule has 0 aromatic rings. The third kappa shape index (κ3) is 6.44.